The van der Waals surface area contributed by atoms with E-state index >= 15 is 0 Å². The molecule has 0 aliphatic heterocycles. The SMILES string of the molecule is CC(=Nc1cccc2ccccc12)C(Nc1c(C(C)C)cccc1C(C)C)c1ccccc1C. The molecule has 2 heteroatoms. The van der Waals surface area contributed by atoms with E-state index in [0.29, 0.717) is 11.8 Å². The molecule has 4 aromatic carbocycles. The van der Waals surface area contributed by atoms with Crippen LogP contribution in [0.3, 0.4) is 0 Å². The van der Waals surface area contributed by atoms with Crippen molar-refractivity contribution in [3.63, 3.8) is 0 Å². The van der Waals surface area contributed by atoms with Crippen LogP contribution in [0, 0.1) is 6.92 Å². The van der Waals surface area contributed by atoms with E-state index in [1.807, 2.05) is 0 Å². The molecule has 0 bridgehead atoms. The number of hydrogen-bond acceptors (Lipinski definition) is 2. The summed E-state index contributed by atoms with van der Waals surface area (Å²) in [6.45, 7) is 13.4. The molecule has 0 spiro atoms. The molecule has 0 aliphatic carbocycles. The Hall–Kier alpha value is -3.39. The van der Waals surface area contributed by atoms with Crippen LogP contribution in [0.1, 0.15) is 74.8 Å². The lowest BCUT2D eigenvalue weighted by atomic mass is 9.90. The van der Waals surface area contributed by atoms with Crippen LogP contribution < -0.4 is 5.32 Å². The molecule has 4 rings (SSSR count). The second kappa shape index (κ2) is 10.3. The third-order valence-electron chi connectivity index (χ3n) is 6.64. The van der Waals surface area contributed by atoms with E-state index in [-0.39, 0.29) is 6.04 Å². The highest BCUT2D eigenvalue weighted by Gasteiger charge is 2.22. The van der Waals surface area contributed by atoms with E-state index in [2.05, 4.69) is 132 Å². The van der Waals surface area contributed by atoms with Crippen LogP contribution in [-0.2, 0) is 0 Å². The van der Waals surface area contributed by atoms with Crippen molar-refractivity contribution in [3.8, 4) is 0 Å². The summed E-state index contributed by atoms with van der Waals surface area (Å²) in [5.41, 5.74) is 8.53. The summed E-state index contributed by atoms with van der Waals surface area (Å²) >= 11 is 0. The first-order valence-corrected chi connectivity index (χ1v) is 12.3. The third-order valence-corrected chi connectivity index (χ3v) is 6.64. The minimum Gasteiger partial charge on any atom is -0.373 e. The maximum Gasteiger partial charge on any atom is 0.0900 e. The van der Waals surface area contributed by atoms with Gasteiger partial charge in [-0.05, 0) is 59.4 Å². The number of aliphatic imine (C=N–C) groups is 1. The standard InChI is InChI=1S/C32H36N2/c1-21(2)26-18-12-19-27(22(3)4)32(26)34-31(28-16-9-7-13-23(28)5)24(6)33-30-20-11-15-25-14-8-10-17-29(25)30/h7-22,31,34H,1-6H3. The van der Waals surface area contributed by atoms with Crippen molar-refractivity contribution < 1.29 is 0 Å². The van der Waals surface area contributed by atoms with Crippen LogP contribution in [0.4, 0.5) is 11.4 Å². The van der Waals surface area contributed by atoms with Crippen LogP contribution >= 0.6 is 0 Å². The van der Waals surface area contributed by atoms with Gasteiger partial charge < -0.3 is 5.32 Å². The summed E-state index contributed by atoms with van der Waals surface area (Å²) in [5.74, 6) is 0.850. The first-order chi connectivity index (χ1) is 16.4. The molecule has 0 amide bonds. The highest BCUT2D eigenvalue weighted by molar-refractivity contribution is 5.99. The summed E-state index contributed by atoms with van der Waals surface area (Å²) < 4.78 is 0. The van der Waals surface area contributed by atoms with Gasteiger partial charge in [-0.15, -0.1) is 0 Å². The number of anilines is 1. The average molecular weight is 449 g/mol. The van der Waals surface area contributed by atoms with E-state index in [4.69, 9.17) is 4.99 Å². The van der Waals surface area contributed by atoms with E-state index in [0.717, 1.165) is 11.4 Å². The van der Waals surface area contributed by atoms with Gasteiger partial charge in [-0.2, -0.15) is 0 Å². The molecule has 0 radical (unpaired) electrons. The molecular formula is C32H36N2. The second-order valence-corrected chi connectivity index (χ2v) is 9.81. The average Bonchev–Trinajstić information content (AvgIpc) is 2.83. The van der Waals surface area contributed by atoms with Crippen LogP contribution in [0.2, 0.25) is 0 Å². The number of aryl methyl sites for hydroxylation is 1. The number of hydrogen-bond donors (Lipinski definition) is 1. The Morgan fingerprint density at radius 3 is 1.91 bits per heavy atom. The lowest BCUT2D eigenvalue weighted by Crippen LogP contribution is -2.22. The summed E-state index contributed by atoms with van der Waals surface area (Å²) in [6, 6.07) is 30.1. The zero-order chi connectivity index (χ0) is 24.2. The molecule has 174 valence electrons. The van der Waals surface area contributed by atoms with Gasteiger partial charge >= 0.3 is 0 Å². The predicted molar refractivity (Wildman–Crippen MR) is 149 cm³/mol. The fourth-order valence-electron chi connectivity index (χ4n) is 4.74. The first-order valence-electron chi connectivity index (χ1n) is 12.3. The molecule has 0 aromatic heterocycles. The maximum atomic E-state index is 5.20. The molecule has 4 aromatic rings. The number of benzene rings is 4. The van der Waals surface area contributed by atoms with Crippen LogP contribution in [-0.4, -0.2) is 5.71 Å². The Bertz CT molecular complexity index is 1280. The van der Waals surface area contributed by atoms with Crippen molar-refractivity contribution >= 4 is 27.9 Å². The molecule has 0 aliphatic rings. The van der Waals surface area contributed by atoms with Gasteiger partial charge in [0.2, 0.25) is 0 Å². The second-order valence-electron chi connectivity index (χ2n) is 9.81. The maximum absolute atomic E-state index is 5.20. The minimum absolute atomic E-state index is 0.0300. The van der Waals surface area contributed by atoms with Gasteiger partial charge in [0, 0.05) is 16.8 Å². The number of nitrogens with zero attached hydrogens (tertiary/aromatic N) is 1. The van der Waals surface area contributed by atoms with Crippen LogP contribution in [0.15, 0.2) is 89.9 Å². The van der Waals surface area contributed by atoms with Crippen molar-refractivity contribution in [2.75, 3.05) is 5.32 Å². The van der Waals surface area contributed by atoms with Gasteiger partial charge in [0.05, 0.1) is 11.7 Å². The molecule has 0 saturated heterocycles. The zero-order valence-corrected chi connectivity index (χ0v) is 21.3. The first kappa shape index (κ1) is 23.8. The van der Waals surface area contributed by atoms with Crippen molar-refractivity contribution in [3.05, 3.63) is 107 Å². The van der Waals surface area contributed by atoms with Gasteiger partial charge in [-0.25, -0.2) is 0 Å². The Morgan fingerprint density at radius 1 is 0.676 bits per heavy atom. The minimum atomic E-state index is -0.0300. The molecular weight excluding hydrogens is 412 g/mol. The van der Waals surface area contributed by atoms with Crippen molar-refractivity contribution in [1.82, 2.24) is 0 Å². The highest BCUT2D eigenvalue weighted by Crippen LogP contribution is 2.36. The summed E-state index contributed by atoms with van der Waals surface area (Å²) in [5, 5.41) is 6.36. The fourth-order valence-corrected chi connectivity index (χ4v) is 4.74. The number of fused-ring (bicyclic) bond motifs is 1. The number of rotatable bonds is 7. The molecule has 2 nitrogen and oxygen atoms in total. The lowest BCUT2D eigenvalue weighted by molar-refractivity contribution is 0.828. The van der Waals surface area contributed by atoms with Gasteiger partial charge in [0.15, 0.2) is 0 Å². The molecule has 1 atom stereocenters. The van der Waals surface area contributed by atoms with Crippen molar-refractivity contribution in [2.45, 2.75) is 59.4 Å². The van der Waals surface area contributed by atoms with Gasteiger partial charge in [0.25, 0.3) is 0 Å². The summed E-state index contributed by atoms with van der Waals surface area (Å²) in [6.07, 6.45) is 0. The van der Waals surface area contributed by atoms with Gasteiger partial charge in [-0.3, -0.25) is 4.99 Å². The third kappa shape index (κ3) is 4.92. The predicted octanol–water partition coefficient (Wildman–Crippen LogP) is 9.34. The monoisotopic (exact) mass is 448 g/mol. The lowest BCUT2D eigenvalue weighted by Gasteiger charge is -2.28. The molecule has 0 heterocycles. The van der Waals surface area contributed by atoms with E-state index in [9.17, 15) is 0 Å². The van der Waals surface area contributed by atoms with E-state index in [1.165, 1.54) is 38.7 Å². The Kier molecular flexibility index (Phi) is 7.17. The van der Waals surface area contributed by atoms with Crippen molar-refractivity contribution in [1.29, 1.82) is 0 Å². The Labute approximate surface area is 204 Å². The highest BCUT2D eigenvalue weighted by atomic mass is 15.0. The number of para-hydroxylation sites is 1. The normalized spacial score (nSPS) is 13.0. The Morgan fingerprint density at radius 2 is 1.24 bits per heavy atom. The topological polar surface area (TPSA) is 24.4 Å². The smallest absolute Gasteiger partial charge is 0.0900 e. The van der Waals surface area contributed by atoms with Crippen LogP contribution in [0.5, 0.6) is 0 Å². The molecule has 0 fully saturated rings. The van der Waals surface area contributed by atoms with E-state index in [1.54, 1.807) is 0 Å². The Balaban J connectivity index is 1.87. The van der Waals surface area contributed by atoms with Crippen molar-refractivity contribution in [2.24, 2.45) is 4.99 Å². The molecule has 1 N–H and O–H groups in total. The fraction of sp³-hybridized carbons (Fsp3) is 0.281. The van der Waals surface area contributed by atoms with Gasteiger partial charge in [0.1, 0.15) is 0 Å². The van der Waals surface area contributed by atoms with Gasteiger partial charge in [-0.1, -0.05) is 107 Å². The number of nitrogens with one attached hydrogen (secondary N) is 1. The van der Waals surface area contributed by atoms with Crippen LogP contribution in [0.25, 0.3) is 10.8 Å². The molecule has 1 unspecified atom stereocenters. The quantitative estimate of drug-likeness (QED) is 0.280. The molecule has 34 heavy (non-hydrogen) atoms. The zero-order valence-electron chi connectivity index (χ0n) is 21.3. The van der Waals surface area contributed by atoms with E-state index < -0.39 is 0 Å². The summed E-state index contributed by atoms with van der Waals surface area (Å²) in [4.78, 5) is 5.20. The summed E-state index contributed by atoms with van der Waals surface area (Å²) in [7, 11) is 0. The largest absolute Gasteiger partial charge is 0.373 e. The molecule has 0 saturated carbocycles.